The number of hydrogen-bond acceptors (Lipinski definition) is 1. The monoisotopic (exact) mass is 172 g/mol. The Morgan fingerprint density at radius 1 is 0.700 bits per heavy atom. The second-order valence-corrected chi connectivity index (χ2v) is 4.83. The zero-order valence-corrected chi connectivity index (χ0v) is 9.87. The van der Waals surface area contributed by atoms with Crippen molar-refractivity contribution in [1.82, 2.24) is 0 Å². The van der Waals surface area contributed by atoms with Crippen molar-refractivity contribution in [1.29, 1.82) is 0 Å². The Bertz CT molecular complexity index is 94.5. The second kappa shape index (κ2) is 11.4. The van der Waals surface area contributed by atoms with Gasteiger partial charge in [-0.2, -0.15) is 0 Å². The molecule has 0 fully saturated rings. The fourth-order valence-electron chi connectivity index (χ4n) is 0.385. The molecule has 0 heterocycles. The molecule has 0 unspecified atom stereocenters. The van der Waals surface area contributed by atoms with Crippen molar-refractivity contribution in [2.75, 3.05) is 0 Å². The maximum Gasteiger partial charge on any atom is 0.129 e. The zero-order chi connectivity index (χ0) is 6.95. The summed E-state index contributed by atoms with van der Waals surface area (Å²) in [5.41, 5.74) is 0. The van der Waals surface area contributed by atoms with Gasteiger partial charge in [-0.1, -0.05) is 43.8 Å². The van der Waals surface area contributed by atoms with Crippen LogP contribution in [0.4, 0.5) is 0 Å². The Balaban J connectivity index is 0. The fourth-order valence-corrected chi connectivity index (χ4v) is 0.385. The van der Waals surface area contributed by atoms with Gasteiger partial charge in [0.25, 0.3) is 0 Å². The van der Waals surface area contributed by atoms with Crippen molar-refractivity contribution >= 4 is 21.0 Å². The van der Waals surface area contributed by atoms with E-state index in [0.717, 1.165) is 21.0 Å². The molecule has 3 heteroatoms. The normalized spacial score (nSPS) is 7.20. The lowest BCUT2D eigenvalue weighted by atomic mass is 10.4. The summed E-state index contributed by atoms with van der Waals surface area (Å²) in [5, 5.41) is 0. The minimum atomic E-state index is 0. The molecule has 0 aliphatic rings. The van der Waals surface area contributed by atoms with E-state index < -0.39 is 0 Å². The van der Waals surface area contributed by atoms with Crippen LogP contribution in [-0.2, 0) is 4.12 Å². The Kier molecular flexibility index (Phi) is 14.0. The predicted molar refractivity (Wildman–Crippen MR) is 54.1 cm³/mol. The van der Waals surface area contributed by atoms with Crippen LogP contribution in [0.1, 0.15) is 7.43 Å². The highest BCUT2D eigenvalue weighted by Crippen LogP contribution is 1.79. The van der Waals surface area contributed by atoms with Crippen molar-refractivity contribution in [2.45, 2.75) is 7.43 Å². The van der Waals surface area contributed by atoms with Gasteiger partial charge < -0.3 is 4.12 Å². The van der Waals surface area contributed by atoms with Crippen LogP contribution in [0.15, 0.2) is 36.4 Å². The summed E-state index contributed by atoms with van der Waals surface area (Å²) < 4.78 is 4.53. The molecule has 1 nitrogen and oxygen atoms in total. The molecular formula is C7H16OSi2. The average Bonchev–Trinajstić information content (AvgIpc) is 1.93. The van der Waals surface area contributed by atoms with Crippen LogP contribution >= 0.6 is 0 Å². The van der Waals surface area contributed by atoms with Crippen molar-refractivity contribution < 1.29 is 4.12 Å². The molecule has 1 aromatic rings. The van der Waals surface area contributed by atoms with Crippen LogP contribution in [0.25, 0.3) is 0 Å². The van der Waals surface area contributed by atoms with E-state index in [1.807, 2.05) is 36.4 Å². The summed E-state index contributed by atoms with van der Waals surface area (Å²) in [4.78, 5) is 0. The van der Waals surface area contributed by atoms with E-state index in [0.29, 0.717) is 0 Å². The van der Waals surface area contributed by atoms with Crippen molar-refractivity contribution in [3.63, 3.8) is 0 Å². The SMILES string of the molecule is C.[SiH3]O[SiH3].c1ccccc1. The summed E-state index contributed by atoms with van der Waals surface area (Å²) in [6.45, 7) is 0. The molecule has 0 spiro atoms. The van der Waals surface area contributed by atoms with Crippen molar-refractivity contribution in [2.24, 2.45) is 0 Å². The van der Waals surface area contributed by atoms with E-state index in [-0.39, 0.29) is 7.43 Å². The van der Waals surface area contributed by atoms with Gasteiger partial charge in [0.2, 0.25) is 0 Å². The van der Waals surface area contributed by atoms with Gasteiger partial charge in [-0.05, 0) is 0 Å². The first kappa shape index (κ1) is 12.3. The summed E-state index contributed by atoms with van der Waals surface area (Å²) in [6, 6.07) is 12.0. The van der Waals surface area contributed by atoms with Gasteiger partial charge in [-0.3, -0.25) is 0 Å². The van der Waals surface area contributed by atoms with Gasteiger partial charge in [0.05, 0.1) is 0 Å². The summed E-state index contributed by atoms with van der Waals surface area (Å²) in [6.07, 6.45) is 0. The van der Waals surface area contributed by atoms with E-state index in [9.17, 15) is 0 Å². The van der Waals surface area contributed by atoms with Crippen LogP contribution in [0.3, 0.4) is 0 Å². The Hall–Kier alpha value is -0.386. The highest BCUT2D eigenvalue weighted by atomic mass is 28.3. The largest absolute Gasteiger partial charge is 0.471 e. The number of hydrogen-bond donors (Lipinski definition) is 0. The molecule has 0 aromatic heterocycles. The van der Waals surface area contributed by atoms with Crippen molar-refractivity contribution in [3.05, 3.63) is 36.4 Å². The van der Waals surface area contributed by atoms with Crippen LogP contribution in [-0.4, -0.2) is 21.0 Å². The molecule has 1 rings (SSSR count). The Morgan fingerprint density at radius 3 is 0.900 bits per heavy atom. The van der Waals surface area contributed by atoms with Gasteiger partial charge in [0.1, 0.15) is 21.0 Å². The smallest absolute Gasteiger partial charge is 0.129 e. The molecule has 0 atom stereocenters. The summed E-state index contributed by atoms with van der Waals surface area (Å²) in [5.74, 6) is 0. The molecule has 0 saturated carbocycles. The topological polar surface area (TPSA) is 9.23 Å². The molecular weight excluding hydrogens is 156 g/mol. The van der Waals surface area contributed by atoms with Crippen LogP contribution in [0.2, 0.25) is 0 Å². The van der Waals surface area contributed by atoms with Gasteiger partial charge in [0.15, 0.2) is 0 Å². The molecule has 0 saturated heterocycles. The standard InChI is InChI=1S/C6H6.CH4.H6OSi2/c1-2-4-6-5-3-1;;2-1-3/h1-6H;1H4;2-3H3. The zero-order valence-electron chi connectivity index (χ0n) is 5.87. The average molecular weight is 172 g/mol. The first-order valence-corrected chi connectivity index (χ1v) is 4.45. The highest BCUT2D eigenvalue weighted by Gasteiger charge is 1.57. The lowest BCUT2D eigenvalue weighted by Gasteiger charge is -1.69. The molecule has 0 bridgehead atoms. The Labute approximate surface area is 69.5 Å². The minimum absolute atomic E-state index is 0. The lowest BCUT2D eigenvalue weighted by molar-refractivity contribution is 0.690. The van der Waals surface area contributed by atoms with E-state index >= 15 is 0 Å². The molecule has 0 N–H and O–H groups in total. The van der Waals surface area contributed by atoms with E-state index in [4.69, 9.17) is 0 Å². The van der Waals surface area contributed by atoms with Crippen molar-refractivity contribution in [3.8, 4) is 0 Å². The van der Waals surface area contributed by atoms with Gasteiger partial charge in [-0.25, -0.2) is 0 Å². The van der Waals surface area contributed by atoms with E-state index in [1.54, 1.807) is 0 Å². The predicted octanol–water partition coefficient (Wildman–Crippen LogP) is -0.114. The maximum absolute atomic E-state index is 4.53. The summed E-state index contributed by atoms with van der Waals surface area (Å²) in [7, 11) is 1.86. The second-order valence-electron chi connectivity index (χ2n) is 1.56. The Morgan fingerprint density at radius 2 is 0.800 bits per heavy atom. The molecule has 10 heavy (non-hydrogen) atoms. The quantitative estimate of drug-likeness (QED) is 0.496. The van der Waals surface area contributed by atoms with Gasteiger partial charge in [0, 0.05) is 0 Å². The first-order chi connectivity index (χ1) is 4.41. The third-order valence-corrected chi connectivity index (χ3v) is 0.667. The number of rotatable bonds is 0. The van der Waals surface area contributed by atoms with Gasteiger partial charge >= 0.3 is 0 Å². The molecule has 0 radical (unpaired) electrons. The first-order valence-electron chi connectivity index (χ1n) is 2.82. The molecule has 1 aromatic carbocycles. The van der Waals surface area contributed by atoms with Crippen LogP contribution in [0, 0.1) is 0 Å². The molecule has 0 aliphatic carbocycles. The third kappa shape index (κ3) is 10.6. The molecule has 0 amide bonds. The van der Waals surface area contributed by atoms with E-state index in [2.05, 4.69) is 4.12 Å². The van der Waals surface area contributed by atoms with Gasteiger partial charge in [-0.15, -0.1) is 0 Å². The highest BCUT2D eigenvalue weighted by molar-refractivity contribution is 6.15. The van der Waals surface area contributed by atoms with Crippen LogP contribution < -0.4 is 0 Å². The minimum Gasteiger partial charge on any atom is -0.471 e. The van der Waals surface area contributed by atoms with Crippen LogP contribution in [0.5, 0.6) is 0 Å². The third-order valence-electron chi connectivity index (χ3n) is 0.667. The lowest BCUT2D eigenvalue weighted by Crippen LogP contribution is -1.65. The van der Waals surface area contributed by atoms with E-state index in [1.165, 1.54) is 0 Å². The summed E-state index contributed by atoms with van der Waals surface area (Å²) >= 11 is 0. The molecule has 58 valence electrons. The number of benzene rings is 1. The molecule has 0 aliphatic heterocycles. The maximum atomic E-state index is 4.53. The fraction of sp³-hybridized carbons (Fsp3) is 0.143.